The van der Waals surface area contributed by atoms with Crippen molar-refractivity contribution in [2.24, 2.45) is 0 Å². The Kier molecular flexibility index (Phi) is 7.76. The summed E-state index contributed by atoms with van der Waals surface area (Å²) in [5.41, 5.74) is 3.99. The van der Waals surface area contributed by atoms with Crippen molar-refractivity contribution >= 4 is 35.0 Å². The zero-order valence-electron chi connectivity index (χ0n) is 17.2. The molecule has 3 rings (SSSR count). The molecule has 3 aromatic rings. The lowest BCUT2D eigenvalue weighted by Crippen LogP contribution is -2.14. The van der Waals surface area contributed by atoms with E-state index in [0.29, 0.717) is 28.2 Å². The van der Waals surface area contributed by atoms with Crippen molar-refractivity contribution < 1.29 is 13.9 Å². The molecule has 1 heterocycles. The summed E-state index contributed by atoms with van der Waals surface area (Å²) in [6.45, 7) is 3.95. The third kappa shape index (κ3) is 6.24. The fraction of sp³-hybridized carbons (Fsp3) is 0.318. The lowest BCUT2D eigenvalue weighted by molar-refractivity contribution is -0.113. The smallest absolute Gasteiger partial charge is 0.277 e. The Balaban J connectivity index is 1.42. The zero-order valence-corrected chi connectivity index (χ0v) is 18.8. The third-order valence-electron chi connectivity index (χ3n) is 4.55. The van der Waals surface area contributed by atoms with Crippen LogP contribution in [0.2, 0.25) is 5.02 Å². The molecular formula is C22H24ClN3O3S. The van der Waals surface area contributed by atoms with Crippen LogP contribution in [0, 0.1) is 13.8 Å². The van der Waals surface area contributed by atoms with Crippen LogP contribution in [-0.4, -0.2) is 29.0 Å². The number of nitrogens with one attached hydrogen (secondary N) is 1. The maximum absolute atomic E-state index is 12.1. The topological polar surface area (TPSA) is 77.2 Å². The van der Waals surface area contributed by atoms with Crippen LogP contribution in [0.25, 0.3) is 0 Å². The summed E-state index contributed by atoms with van der Waals surface area (Å²) in [5, 5.41) is 11.9. The number of benzene rings is 2. The Labute approximate surface area is 185 Å². The van der Waals surface area contributed by atoms with Crippen molar-refractivity contribution in [3.05, 3.63) is 64.0 Å². The first-order chi connectivity index (χ1) is 14.4. The van der Waals surface area contributed by atoms with E-state index in [9.17, 15) is 4.79 Å². The van der Waals surface area contributed by atoms with Crippen molar-refractivity contribution in [2.45, 2.75) is 38.3 Å². The molecule has 30 heavy (non-hydrogen) atoms. The molecule has 1 amide bonds. The van der Waals surface area contributed by atoms with Gasteiger partial charge in [0, 0.05) is 17.1 Å². The molecule has 0 bridgehead atoms. The molecule has 0 aliphatic carbocycles. The number of carbonyl (C=O) groups is 1. The number of anilines is 1. The molecular weight excluding hydrogens is 422 g/mol. The molecule has 2 aromatic carbocycles. The van der Waals surface area contributed by atoms with Gasteiger partial charge in [-0.25, -0.2) is 0 Å². The normalized spacial score (nSPS) is 10.8. The average Bonchev–Trinajstić information content (AvgIpc) is 3.17. The quantitative estimate of drug-likeness (QED) is 0.453. The van der Waals surface area contributed by atoms with Gasteiger partial charge in [-0.2, -0.15) is 0 Å². The van der Waals surface area contributed by atoms with E-state index in [2.05, 4.69) is 27.6 Å². The van der Waals surface area contributed by atoms with Crippen LogP contribution in [0.5, 0.6) is 5.75 Å². The first-order valence-corrected chi connectivity index (χ1v) is 11.0. The minimum atomic E-state index is -0.158. The van der Waals surface area contributed by atoms with E-state index < -0.39 is 0 Å². The number of aryl methyl sites for hydroxylation is 4. The van der Waals surface area contributed by atoms with Crippen molar-refractivity contribution in [1.29, 1.82) is 0 Å². The molecule has 0 aliphatic rings. The minimum Gasteiger partial charge on any atom is -0.496 e. The number of methoxy groups -OCH3 is 1. The van der Waals surface area contributed by atoms with E-state index in [1.54, 1.807) is 13.2 Å². The molecule has 1 N–H and O–H groups in total. The Bertz CT molecular complexity index is 1020. The predicted octanol–water partition coefficient (Wildman–Crippen LogP) is 5.25. The van der Waals surface area contributed by atoms with Gasteiger partial charge in [-0.05, 0) is 61.6 Å². The molecule has 8 heteroatoms. The monoisotopic (exact) mass is 445 g/mol. The number of aromatic nitrogens is 2. The third-order valence-corrected chi connectivity index (χ3v) is 5.77. The Morgan fingerprint density at radius 1 is 1.13 bits per heavy atom. The molecule has 0 saturated carbocycles. The number of halogens is 1. The second-order valence-corrected chi connectivity index (χ2v) is 8.25. The second kappa shape index (κ2) is 10.5. The zero-order chi connectivity index (χ0) is 21.5. The van der Waals surface area contributed by atoms with Gasteiger partial charge in [0.15, 0.2) is 0 Å². The summed E-state index contributed by atoms with van der Waals surface area (Å²) in [5.74, 6) is 1.49. The molecule has 6 nitrogen and oxygen atoms in total. The standard InChI is InChI=1S/C22H24ClN3O3S/c1-14-7-9-17(12-18(14)23)24-20(27)13-30-22-26-25-21(29-22)6-4-5-16-8-10-19(28-3)15(2)11-16/h7-12H,4-6,13H2,1-3H3,(H,24,27). The summed E-state index contributed by atoms with van der Waals surface area (Å²) >= 11 is 7.29. The van der Waals surface area contributed by atoms with Crippen molar-refractivity contribution in [2.75, 3.05) is 18.2 Å². The van der Waals surface area contributed by atoms with E-state index >= 15 is 0 Å². The van der Waals surface area contributed by atoms with Crippen LogP contribution in [0.15, 0.2) is 46.0 Å². The number of thioether (sulfide) groups is 1. The van der Waals surface area contributed by atoms with Gasteiger partial charge in [0.1, 0.15) is 5.75 Å². The van der Waals surface area contributed by atoms with Crippen LogP contribution in [0.1, 0.15) is 29.0 Å². The van der Waals surface area contributed by atoms with Crippen molar-refractivity contribution in [1.82, 2.24) is 10.2 Å². The van der Waals surface area contributed by atoms with Crippen molar-refractivity contribution in [3.8, 4) is 5.75 Å². The van der Waals surface area contributed by atoms with E-state index in [4.69, 9.17) is 20.8 Å². The van der Waals surface area contributed by atoms with Gasteiger partial charge in [-0.3, -0.25) is 4.79 Å². The summed E-state index contributed by atoms with van der Waals surface area (Å²) in [6.07, 6.45) is 2.50. The van der Waals surface area contributed by atoms with Crippen LogP contribution >= 0.6 is 23.4 Å². The fourth-order valence-electron chi connectivity index (χ4n) is 2.93. The number of hydrogen-bond acceptors (Lipinski definition) is 6. The molecule has 0 spiro atoms. The summed E-state index contributed by atoms with van der Waals surface area (Å²) in [4.78, 5) is 12.1. The van der Waals surface area contributed by atoms with E-state index in [1.807, 2.05) is 32.0 Å². The highest BCUT2D eigenvalue weighted by Crippen LogP contribution is 2.22. The molecule has 0 atom stereocenters. The highest BCUT2D eigenvalue weighted by atomic mass is 35.5. The van der Waals surface area contributed by atoms with E-state index in [0.717, 1.165) is 29.7 Å². The molecule has 0 aliphatic heterocycles. The first-order valence-electron chi connectivity index (χ1n) is 9.59. The number of carbonyl (C=O) groups excluding carboxylic acids is 1. The highest BCUT2D eigenvalue weighted by molar-refractivity contribution is 7.99. The molecule has 0 fully saturated rings. The number of amides is 1. The van der Waals surface area contributed by atoms with Crippen molar-refractivity contribution in [3.63, 3.8) is 0 Å². The molecule has 0 saturated heterocycles. The van der Waals surface area contributed by atoms with Crippen LogP contribution in [0.3, 0.4) is 0 Å². The lowest BCUT2D eigenvalue weighted by Gasteiger charge is -2.06. The molecule has 0 radical (unpaired) electrons. The van der Waals surface area contributed by atoms with Gasteiger partial charge in [-0.1, -0.05) is 41.6 Å². The Morgan fingerprint density at radius 2 is 1.97 bits per heavy atom. The Hall–Kier alpha value is -2.51. The summed E-state index contributed by atoms with van der Waals surface area (Å²) in [7, 11) is 1.68. The first kappa shape index (κ1) is 22.2. The molecule has 1 aromatic heterocycles. The van der Waals surface area contributed by atoms with Gasteiger partial charge in [-0.15, -0.1) is 10.2 Å². The number of hydrogen-bond donors (Lipinski definition) is 1. The van der Waals surface area contributed by atoms with Crippen LogP contribution < -0.4 is 10.1 Å². The summed E-state index contributed by atoms with van der Waals surface area (Å²) < 4.78 is 10.9. The lowest BCUT2D eigenvalue weighted by atomic mass is 10.1. The fourth-order valence-corrected chi connectivity index (χ4v) is 3.69. The minimum absolute atomic E-state index is 0.158. The van der Waals surface area contributed by atoms with Crippen LogP contribution in [-0.2, 0) is 17.6 Å². The largest absolute Gasteiger partial charge is 0.496 e. The highest BCUT2D eigenvalue weighted by Gasteiger charge is 2.11. The summed E-state index contributed by atoms with van der Waals surface area (Å²) in [6, 6.07) is 11.6. The maximum Gasteiger partial charge on any atom is 0.277 e. The average molecular weight is 446 g/mol. The predicted molar refractivity (Wildman–Crippen MR) is 120 cm³/mol. The number of rotatable bonds is 9. The van der Waals surface area contributed by atoms with Gasteiger partial charge >= 0.3 is 0 Å². The molecule has 158 valence electrons. The van der Waals surface area contributed by atoms with Gasteiger partial charge in [0.25, 0.3) is 5.22 Å². The van der Waals surface area contributed by atoms with Gasteiger partial charge < -0.3 is 14.5 Å². The maximum atomic E-state index is 12.1. The number of ether oxygens (including phenoxy) is 1. The molecule has 0 unspecified atom stereocenters. The Morgan fingerprint density at radius 3 is 2.70 bits per heavy atom. The van der Waals surface area contributed by atoms with E-state index in [-0.39, 0.29) is 11.7 Å². The van der Waals surface area contributed by atoms with Crippen LogP contribution in [0.4, 0.5) is 5.69 Å². The van der Waals surface area contributed by atoms with Gasteiger partial charge in [0.05, 0.1) is 12.9 Å². The van der Waals surface area contributed by atoms with Gasteiger partial charge in [0.2, 0.25) is 11.8 Å². The SMILES string of the molecule is COc1ccc(CCCc2nnc(SCC(=O)Nc3ccc(C)c(Cl)c3)o2)cc1C. The van der Waals surface area contributed by atoms with E-state index in [1.165, 1.54) is 17.3 Å². The number of nitrogens with zero attached hydrogens (tertiary/aromatic N) is 2. The second-order valence-electron chi connectivity index (χ2n) is 6.92.